The number of hydrogen-bond donors (Lipinski definition) is 0. The van der Waals surface area contributed by atoms with Crippen LogP contribution >= 0.6 is 0 Å². The van der Waals surface area contributed by atoms with Crippen LogP contribution in [0, 0.1) is 5.41 Å². The van der Waals surface area contributed by atoms with E-state index in [2.05, 4.69) is 11.9 Å². The minimum absolute atomic E-state index is 0.359. The van der Waals surface area contributed by atoms with Crippen LogP contribution in [0.25, 0.3) is 0 Å². The first kappa shape index (κ1) is 14.0. The topological polar surface area (TPSA) is 40.6 Å². The van der Waals surface area contributed by atoms with E-state index in [9.17, 15) is 8.42 Å². The largest absolute Gasteiger partial charge is 0.306 e. The number of likely N-dealkylation sites (tertiary alicyclic amines) is 1. The van der Waals surface area contributed by atoms with E-state index < -0.39 is 10.0 Å². The van der Waals surface area contributed by atoms with Gasteiger partial charge in [0.25, 0.3) is 0 Å². The van der Waals surface area contributed by atoms with E-state index in [1.807, 2.05) is 6.07 Å². The Morgan fingerprint density at radius 1 is 1.00 bits per heavy atom. The van der Waals surface area contributed by atoms with Gasteiger partial charge in [0, 0.05) is 19.6 Å². The van der Waals surface area contributed by atoms with Crippen LogP contribution in [0.4, 0.5) is 0 Å². The van der Waals surface area contributed by atoms with E-state index in [1.54, 1.807) is 28.6 Å². The van der Waals surface area contributed by atoms with Crippen LogP contribution in [0.3, 0.4) is 0 Å². The fraction of sp³-hybridized carbons (Fsp3) is 0.600. The summed E-state index contributed by atoms with van der Waals surface area (Å²) in [6.07, 6.45) is 3.19. The summed E-state index contributed by atoms with van der Waals surface area (Å²) >= 11 is 0. The number of piperidine rings is 1. The SMILES string of the molecule is CN1CCC2(CCN(S(=O)(=O)c3ccccc3)CC2)C1. The monoisotopic (exact) mass is 294 g/mol. The number of benzene rings is 1. The normalized spacial score (nSPS) is 24.2. The van der Waals surface area contributed by atoms with Crippen molar-refractivity contribution in [3.63, 3.8) is 0 Å². The third-order valence-electron chi connectivity index (χ3n) is 4.79. The van der Waals surface area contributed by atoms with E-state index in [0.717, 1.165) is 25.9 Å². The lowest BCUT2D eigenvalue weighted by Gasteiger charge is -2.38. The Hall–Kier alpha value is -0.910. The molecule has 0 aromatic heterocycles. The summed E-state index contributed by atoms with van der Waals surface area (Å²) in [5.41, 5.74) is 0.359. The van der Waals surface area contributed by atoms with Gasteiger partial charge in [-0.2, -0.15) is 4.31 Å². The van der Waals surface area contributed by atoms with Crippen LogP contribution in [0.1, 0.15) is 19.3 Å². The molecule has 2 aliphatic heterocycles. The first-order valence-corrected chi connectivity index (χ1v) is 8.70. The summed E-state index contributed by atoms with van der Waals surface area (Å²) in [5, 5.41) is 0. The zero-order valence-corrected chi connectivity index (χ0v) is 12.8. The molecule has 5 heteroatoms. The van der Waals surface area contributed by atoms with Gasteiger partial charge in [0.05, 0.1) is 4.90 Å². The maximum atomic E-state index is 12.6. The molecule has 2 aliphatic rings. The molecule has 0 bridgehead atoms. The van der Waals surface area contributed by atoms with Gasteiger partial charge in [-0.05, 0) is 50.4 Å². The van der Waals surface area contributed by atoms with E-state index in [4.69, 9.17) is 0 Å². The fourth-order valence-corrected chi connectivity index (χ4v) is 4.97. The lowest BCUT2D eigenvalue weighted by Crippen LogP contribution is -2.44. The van der Waals surface area contributed by atoms with Crippen molar-refractivity contribution in [1.29, 1.82) is 0 Å². The molecule has 2 fully saturated rings. The second kappa shape index (κ2) is 5.13. The average Bonchev–Trinajstić information content (AvgIpc) is 2.81. The highest BCUT2D eigenvalue weighted by atomic mass is 32.2. The molecule has 2 heterocycles. The molecule has 110 valence electrons. The quantitative estimate of drug-likeness (QED) is 0.835. The average molecular weight is 294 g/mol. The molecule has 0 amide bonds. The summed E-state index contributed by atoms with van der Waals surface area (Å²) in [7, 11) is -1.15. The second-order valence-electron chi connectivity index (χ2n) is 6.20. The summed E-state index contributed by atoms with van der Waals surface area (Å²) < 4.78 is 26.8. The third-order valence-corrected chi connectivity index (χ3v) is 6.71. The fourth-order valence-electron chi connectivity index (χ4n) is 3.51. The van der Waals surface area contributed by atoms with Crippen LogP contribution in [0.5, 0.6) is 0 Å². The molecular formula is C15H22N2O2S. The maximum Gasteiger partial charge on any atom is 0.243 e. The molecule has 0 aliphatic carbocycles. The zero-order chi connectivity index (χ0) is 14.2. The molecule has 1 aromatic carbocycles. The molecule has 0 radical (unpaired) electrons. The Kier molecular flexibility index (Phi) is 3.60. The zero-order valence-electron chi connectivity index (χ0n) is 12.0. The minimum atomic E-state index is -3.30. The van der Waals surface area contributed by atoms with E-state index in [0.29, 0.717) is 23.4 Å². The van der Waals surface area contributed by atoms with Gasteiger partial charge >= 0.3 is 0 Å². The number of rotatable bonds is 2. The van der Waals surface area contributed by atoms with Crippen LogP contribution < -0.4 is 0 Å². The standard InChI is InChI=1S/C15H22N2O2S/c1-16-10-7-15(13-16)8-11-17(12-9-15)20(18,19)14-5-3-2-4-6-14/h2-6H,7-13H2,1H3. The maximum absolute atomic E-state index is 12.6. The van der Waals surface area contributed by atoms with E-state index in [1.165, 1.54) is 6.42 Å². The summed E-state index contributed by atoms with van der Waals surface area (Å²) in [5.74, 6) is 0. The summed E-state index contributed by atoms with van der Waals surface area (Å²) in [4.78, 5) is 2.78. The van der Waals surface area contributed by atoms with Gasteiger partial charge in [0.1, 0.15) is 0 Å². The van der Waals surface area contributed by atoms with Crippen LogP contribution in [0.15, 0.2) is 35.2 Å². The van der Waals surface area contributed by atoms with E-state index in [-0.39, 0.29) is 0 Å². The van der Waals surface area contributed by atoms with Crippen molar-refractivity contribution >= 4 is 10.0 Å². The highest BCUT2D eigenvalue weighted by molar-refractivity contribution is 7.89. The van der Waals surface area contributed by atoms with Gasteiger partial charge in [-0.25, -0.2) is 8.42 Å². The van der Waals surface area contributed by atoms with Gasteiger partial charge in [0.2, 0.25) is 10.0 Å². The lowest BCUT2D eigenvalue weighted by molar-refractivity contribution is 0.161. The molecule has 0 unspecified atom stereocenters. The Balaban J connectivity index is 1.72. The highest BCUT2D eigenvalue weighted by Crippen LogP contribution is 2.40. The third kappa shape index (κ3) is 2.50. The van der Waals surface area contributed by atoms with Crippen molar-refractivity contribution in [3.8, 4) is 0 Å². The Bertz CT molecular complexity index is 563. The second-order valence-corrected chi connectivity index (χ2v) is 8.14. The summed E-state index contributed by atoms with van der Waals surface area (Å²) in [6, 6.07) is 8.78. The lowest BCUT2D eigenvalue weighted by atomic mass is 9.78. The van der Waals surface area contributed by atoms with Crippen LogP contribution in [-0.4, -0.2) is 50.8 Å². The predicted molar refractivity (Wildman–Crippen MR) is 79.0 cm³/mol. The molecule has 20 heavy (non-hydrogen) atoms. The number of nitrogens with zero attached hydrogens (tertiary/aromatic N) is 2. The molecule has 3 rings (SSSR count). The molecule has 2 saturated heterocycles. The molecule has 0 N–H and O–H groups in total. The molecule has 4 nitrogen and oxygen atoms in total. The highest BCUT2D eigenvalue weighted by Gasteiger charge is 2.41. The Morgan fingerprint density at radius 3 is 2.15 bits per heavy atom. The molecule has 0 atom stereocenters. The van der Waals surface area contributed by atoms with Crippen molar-refractivity contribution in [2.45, 2.75) is 24.2 Å². The predicted octanol–water partition coefficient (Wildman–Crippen LogP) is 1.79. The van der Waals surface area contributed by atoms with Gasteiger partial charge in [-0.3, -0.25) is 0 Å². The minimum Gasteiger partial charge on any atom is -0.306 e. The number of sulfonamides is 1. The van der Waals surface area contributed by atoms with Gasteiger partial charge < -0.3 is 4.90 Å². The molecule has 1 spiro atoms. The van der Waals surface area contributed by atoms with Gasteiger partial charge in [0.15, 0.2) is 0 Å². The van der Waals surface area contributed by atoms with Crippen molar-refractivity contribution in [2.24, 2.45) is 5.41 Å². The van der Waals surface area contributed by atoms with E-state index >= 15 is 0 Å². The first-order valence-electron chi connectivity index (χ1n) is 7.26. The summed E-state index contributed by atoms with van der Waals surface area (Å²) in [6.45, 7) is 3.58. The van der Waals surface area contributed by atoms with Crippen molar-refractivity contribution in [1.82, 2.24) is 9.21 Å². The Labute approximate surface area is 121 Å². The first-order chi connectivity index (χ1) is 9.52. The number of hydrogen-bond acceptors (Lipinski definition) is 3. The van der Waals surface area contributed by atoms with Crippen molar-refractivity contribution in [3.05, 3.63) is 30.3 Å². The van der Waals surface area contributed by atoms with Gasteiger partial charge in [-0.15, -0.1) is 0 Å². The van der Waals surface area contributed by atoms with Gasteiger partial charge in [-0.1, -0.05) is 18.2 Å². The smallest absolute Gasteiger partial charge is 0.243 e. The Morgan fingerprint density at radius 2 is 1.60 bits per heavy atom. The van der Waals surface area contributed by atoms with Crippen LogP contribution in [-0.2, 0) is 10.0 Å². The van der Waals surface area contributed by atoms with Crippen molar-refractivity contribution in [2.75, 3.05) is 33.2 Å². The molecule has 0 saturated carbocycles. The molecule has 1 aromatic rings. The van der Waals surface area contributed by atoms with Crippen molar-refractivity contribution < 1.29 is 8.42 Å². The molecular weight excluding hydrogens is 272 g/mol. The van der Waals surface area contributed by atoms with Crippen LogP contribution in [0.2, 0.25) is 0 Å².